The normalized spacial score (nSPS) is 13.4. The summed E-state index contributed by atoms with van der Waals surface area (Å²) in [6.07, 6.45) is 0.747. The Morgan fingerprint density at radius 3 is 2.80 bits per heavy atom. The maximum Gasteiger partial charge on any atom is 0.261 e. The molecule has 0 bridgehead atoms. The number of rotatable bonds is 1. The highest BCUT2D eigenvalue weighted by Gasteiger charge is 2.27. The van der Waals surface area contributed by atoms with Gasteiger partial charge in [0.25, 0.3) is 5.91 Å². The Balaban J connectivity index is 1.99. The van der Waals surface area contributed by atoms with Gasteiger partial charge in [-0.05, 0) is 42.3 Å². The van der Waals surface area contributed by atoms with Crippen LogP contribution in [0, 0.1) is 5.82 Å². The molecule has 0 saturated carbocycles. The van der Waals surface area contributed by atoms with Gasteiger partial charge in [0.2, 0.25) is 0 Å². The first kappa shape index (κ1) is 12.9. The SMILES string of the molecule is Nc1ccc2c(c1)N(C(=O)c1ccc(Cl)cc1F)CC2. The molecule has 1 heterocycles. The van der Waals surface area contributed by atoms with Gasteiger partial charge in [0.15, 0.2) is 0 Å². The van der Waals surface area contributed by atoms with Crippen LogP contribution in [0.1, 0.15) is 15.9 Å². The number of benzene rings is 2. The van der Waals surface area contributed by atoms with E-state index in [1.807, 2.05) is 6.07 Å². The first-order valence-corrected chi connectivity index (χ1v) is 6.59. The zero-order valence-electron chi connectivity index (χ0n) is 10.6. The number of halogens is 2. The number of amides is 1. The lowest BCUT2D eigenvalue weighted by Gasteiger charge is -2.18. The van der Waals surface area contributed by atoms with Crippen LogP contribution in [0.4, 0.5) is 15.8 Å². The third-order valence-corrected chi connectivity index (χ3v) is 3.65. The fourth-order valence-electron chi connectivity index (χ4n) is 2.42. The summed E-state index contributed by atoms with van der Waals surface area (Å²) in [6, 6.07) is 9.50. The number of anilines is 2. The Morgan fingerprint density at radius 2 is 2.05 bits per heavy atom. The summed E-state index contributed by atoms with van der Waals surface area (Å²) in [5.41, 5.74) is 8.15. The van der Waals surface area contributed by atoms with Crippen LogP contribution in [-0.2, 0) is 6.42 Å². The first-order valence-electron chi connectivity index (χ1n) is 6.21. The molecule has 2 N–H and O–H groups in total. The van der Waals surface area contributed by atoms with Crippen LogP contribution in [-0.4, -0.2) is 12.5 Å². The van der Waals surface area contributed by atoms with Crippen molar-refractivity contribution in [3.05, 3.63) is 58.4 Å². The van der Waals surface area contributed by atoms with Crippen LogP contribution in [0.2, 0.25) is 5.02 Å². The quantitative estimate of drug-likeness (QED) is 0.819. The number of carbonyl (C=O) groups excluding carboxylic acids is 1. The third-order valence-electron chi connectivity index (χ3n) is 3.41. The molecule has 1 amide bonds. The molecule has 1 aliphatic heterocycles. The number of hydrogen-bond acceptors (Lipinski definition) is 2. The summed E-state index contributed by atoms with van der Waals surface area (Å²) in [4.78, 5) is 14.0. The van der Waals surface area contributed by atoms with E-state index in [1.54, 1.807) is 17.0 Å². The van der Waals surface area contributed by atoms with Gasteiger partial charge in [-0.25, -0.2) is 4.39 Å². The van der Waals surface area contributed by atoms with E-state index in [0.717, 1.165) is 23.7 Å². The van der Waals surface area contributed by atoms with Crippen LogP contribution >= 0.6 is 11.6 Å². The number of nitrogens with two attached hydrogens (primary N) is 1. The highest BCUT2D eigenvalue weighted by atomic mass is 35.5. The number of nitrogens with zero attached hydrogens (tertiary/aromatic N) is 1. The molecule has 0 aromatic heterocycles. The molecule has 102 valence electrons. The summed E-state index contributed by atoms with van der Waals surface area (Å²) >= 11 is 5.70. The van der Waals surface area contributed by atoms with E-state index in [4.69, 9.17) is 17.3 Å². The third kappa shape index (κ3) is 2.12. The van der Waals surface area contributed by atoms with Crippen LogP contribution in [0.15, 0.2) is 36.4 Å². The summed E-state index contributed by atoms with van der Waals surface area (Å²) in [5, 5.41) is 0.269. The van der Waals surface area contributed by atoms with Gasteiger partial charge in [-0.1, -0.05) is 17.7 Å². The lowest BCUT2D eigenvalue weighted by Crippen LogP contribution is -2.29. The van der Waals surface area contributed by atoms with Crippen molar-refractivity contribution in [3.8, 4) is 0 Å². The zero-order valence-corrected chi connectivity index (χ0v) is 11.3. The van der Waals surface area contributed by atoms with Gasteiger partial charge >= 0.3 is 0 Å². The first-order chi connectivity index (χ1) is 9.56. The summed E-state index contributed by atoms with van der Waals surface area (Å²) in [7, 11) is 0. The van der Waals surface area contributed by atoms with Crippen molar-refractivity contribution >= 4 is 28.9 Å². The summed E-state index contributed by atoms with van der Waals surface area (Å²) in [6.45, 7) is 0.527. The largest absolute Gasteiger partial charge is 0.399 e. The van der Waals surface area contributed by atoms with Crippen molar-refractivity contribution in [2.45, 2.75) is 6.42 Å². The van der Waals surface area contributed by atoms with Gasteiger partial charge in [-0.15, -0.1) is 0 Å². The van der Waals surface area contributed by atoms with Crippen molar-refractivity contribution in [2.24, 2.45) is 0 Å². The van der Waals surface area contributed by atoms with E-state index in [9.17, 15) is 9.18 Å². The minimum Gasteiger partial charge on any atom is -0.399 e. The lowest BCUT2D eigenvalue weighted by atomic mass is 10.1. The Kier molecular flexibility index (Phi) is 3.10. The van der Waals surface area contributed by atoms with Crippen molar-refractivity contribution in [1.82, 2.24) is 0 Å². The molecule has 5 heteroatoms. The number of carbonyl (C=O) groups is 1. The fourth-order valence-corrected chi connectivity index (χ4v) is 2.57. The highest BCUT2D eigenvalue weighted by Crippen LogP contribution is 2.31. The van der Waals surface area contributed by atoms with Gasteiger partial charge in [0, 0.05) is 22.9 Å². The van der Waals surface area contributed by atoms with E-state index in [-0.39, 0.29) is 16.5 Å². The molecule has 0 saturated heterocycles. The lowest BCUT2D eigenvalue weighted by molar-refractivity contribution is 0.0985. The van der Waals surface area contributed by atoms with Crippen LogP contribution < -0.4 is 10.6 Å². The summed E-state index contributed by atoms with van der Waals surface area (Å²) in [5.74, 6) is -0.983. The Labute approximate surface area is 120 Å². The minimum absolute atomic E-state index is 0.0182. The fraction of sp³-hybridized carbons (Fsp3) is 0.133. The molecule has 2 aromatic rings. The number of hydrogen-bond donors (Lipinski definition) is 1. The monoisotopic (exact) mass is 290 g/mol. The average molecular weight is 291 g/mol. The molecule has 1 aliphatic rings. The van der Waals surface area contributed by atoms with Gasteiger partial charge in [0.05, 0.1) is 5.56 Å². The Bertz CT molecular complexity index is 702. The van der Waals surface area contributed by atoms with Crippen LogP contribution in [0.25, 0.3) is 0 Å². The van der Waals surface area contributed by atoms with Crippen LogP contribution in [0.5, 0.6) is 0 Å². The molecule has 0 unspecified atom stereocenters. The smallest absolute Gasteiger partial charge is 0.261 e. The van der Waals surface area contributed by atoms with Crippen molar-refractivity contribution < 1.29 is 9.18 Å². The van der Waals surface area contributed by atoms with Crippen molar-refractivity contribution in [1.29, 1.82) is 0 Å². The second kappa shape index (κ2) is 4.80. The summed E-state index contributed by atoms with van der Waals surface area (Å²) < 4.78 is 13.9. The maximum atomic E-state index is 13.9. The zero-order chi connectivity index (χ0) is 14.3. The van der Waals surface area contributed by atoms with E-state index in [0.29, 0.717) is 12.2 Å². The number of nitrogen functional groups attached to an aromatic ring is 1. The Hall–Kier alpha value is -2.07. The van der Waals surface area contributed by atoms with Crippen molar-refractivity contribution in [3.63, 3.8) is 0 Å². The van der Waals surface area contributed by atoms with E-state index >= 15 is 0 Å². The van der Waals surface area contributed by atoms with Crippen LogP contribution in [0.3, 0.4) is 0 Å². The predicted molar refractivity (Wildman–Crippen MR) is 77.6 cm³/mol. The molecule has 0 fully saturated rings. The molecule has 0 spiro atoms. The van der Waals surface area contributed by atoms with E-state index in [2.05, 4.69) is 0 Å². The average Bonchev–Trinajstić information content (AvgIpc) is 2.81. The molecule has 3 nitrogen and oxygen atoms in total. The molecular formula is C15H12ClFN2O. The second-order valence-corrected chi connectivity index (χ2v) is 5.16. The predicted octanol–water partition coefficient (Wildman–Crippen LogP) is 3.26. The molecule has 3 rings (SSSR count). The van der Waals surface area contributed by atoms with Gasteiger partial charge in [-0.3, -0.25) is 4.79 Å². The van der Waals surface area contributed by atoms with Gasteiger partial charge < -0.3 is 10.6 Å². The van der Waals surface area contributed by atoms with Gasteiger partial charge in [0.1, 0.15) is 5.82 Å². The molecule has 0 aliphatic carbocycles. The molecule has 0 radical (unpaired) electrons. The van der Waals surface area contributed by atoms with Gasteiger partial charge in [-0.2, -0.15) is 0 Å². The molecule has 0 atom stereocenters. The van der Waals surface area contributed by atoms with E-state index < -0.39 is 5.82 Å². The van der Waals surface area contributed by atoms with E-state index in [1.165, 1.54) is 12.1 Å². The number of fused-ring (bicyclic) bond motifs is 1. The van der Waals surface area contributed by atoms with Crippen molar-refractivity contribution in [2.75, 3.05) is 17.2 Å². The molecule has 20 heavy (non-hydrogen) atoms. The molecular weight excluding hydrogens is 279 g/mol. The minimum atomic E-state index is -0.611. The second-order valence-electron chi connectivity index (χ2n) is 4.72. The molecule has 2 aromatic carbocycles. The standard InChI is InChI=1S/C15H12ClFN2O/c16-10-2-4-12(13(17)7-10)15(20)19-6-5-9-1-3-11(18)8-14(9)19/h1-4,7-8H,5-6,18H2. The topological polar surface area (TPSA) is 46.3 Å². The highest BCUT2D eigenvalue weighted by molar-refractivity contribution is 6.30. The Morgan fingerprint density at radius 1 is 1.25 bits per heavy atom. The maximum absolute atomic E-state index is 13.9.